The largest absolute Gasteiger partial charge is 0.367 e. The van der Waals surface area contributed by atoms with Crippen LogP contribution in [0.25, 0.3) is 0 Å². The Morgan fingerprint density at radius 3 is 2.42 bits per heavy atom. The average molecular weight is 428 g/mol. The molecule has 1 heterocycles. The van der Waals surface area contributed by atoms with Crippen LogP contribution < -0.4 is 0 Å². The van der Waals surface area contributed by atoms with Crippen molar-refractivity contribution in [2.45, 2.75) is 59.2 Å². The number of hydrogen-bond donors (Lipinski definition) is 0. The molecule has 0 N–H and O–H groups in total. The number of aryl methyl sites for hydroxylation is 1. The van der Waals surface area contributed by atoms with Crippen LogP contribution >= 0.6 is 0 Å². The van der Waals surface area contributed by atoms with Crippen molar-refractivity contribution >= 4 is 11.8 Å². The van der Waals surface area contributed by atoms with Gasteiger partial charge in [-0.1, -0.05) is 50.6 Å². The Bertz CT molecular complexity index is 803. The molecule has 1 aromatic carbocycles. The first-order valence-corrected chi connectivity index (χ1v) is 11.2. The van der Waals surface area contributed by atoms with Crippen LogP contribution in [0.2, 0.25) is 0 Å². The zero-order valence-corrected chi connectivity index (χ0v) is 19.4. The monoisotopic (exact) mass is 427 g/mol. The van der Waals surface area contributed by atoms with E-state index in [0.29, 0.717) is 19.7 Å². The van der Waals surface area contributed by atoms with E-state index in [4.69, 9.17) is 4.74 Å². The van der Waals surface area contributed by atoms with E-state index in [2.05, 4.69) is 6.92 Å². The summed E-state index contributed by atoms with van der Waals surface area (Å²) in [5.41, 5.74) is 2.10. The summed E-state index contributed by atoms with van der Waals surface area (Å²) in [5.74, 6) is -0.167. The molecule has 6 nitrogen and oxygen atoms in total. The molecule has 0 aliphatic carbocycles. The second kappa shape index (κ2) is 13.0. The van der Waals surface area contributed by atoms with Gasteiger partial charge < -0.3 is 19.1 Å². The Morgan fingerprint density at radius 1 is 1.06 bits per heavy atom. The maximum atomic E-state index is 13.2. The molecular formula is C25H37N3O3. The van der Waals surface area contributed by atoms with Crippen molar-refractivity contribution in [3.05, 3.63) is 59.9 Å². The highest BCUT2D eigenvalue weighted by molar-refractivity contribution is 5.85. The van der Waals surface area contributed by atoms with E-state index in [0.717, 1.165) is 30.5 Å². The van der Waals surface area contributed by atoms with Crippen LogP contribution in [0.3, 0.4) is 0 Å². The molecule has 2 aromatic rings. The molecule has 31 heavy (non-hydrogen) atoms. The third-order valence-corrected chi connectivity index (χ3v) is 5.62. The highest BCUT2D eigenvalue weighted by Gasteiger charge is 2.25. The Labute approximate surface area is 186 Å². The van der Waals surface area contributed by atoms with E-state index in [1.54, 1.807) is 4.90 Å². The van der Waals surface area contributed by atoms with Crippen LogP contribution in [-0.2, 0) is 34.5 Å². The first kappa shape index (κ1) is 24.7. The minimum atomic E-state index is -0.145. The Hall–Kier alpha value is -2.60. The van der Waals surface area contributed by atoms with E-state index in [-0.39, 0.29) is 31.0 Å². The van der Waals surface area contributed by atoms with Gasteiger partial charge in [-0.2, -0.15) is 0 Å². The maximum Gasteiger partial charge on any atom is 0.249 e. The van der Waals surface area contributed by atoms with E-state index >= 15 is 0 Å². The number of carbonyl (C=O) groups excluding carboxylic acids is 2. The van der Waals surface area contributed by atoms with Crippen molar-refractivity contribution in [2.75, 3.05) is 19.7 Å². The lowest BCUT2D eigenvalue weighted by Gasteiger charge is -2.31. The van der Waals surface area contributed by atoms with Gasteiger partial charge in [0, 0.05) is 31.5 Å². The van der Waals surface area contributed by atoms with Gasteiger partial charge in [0.05, 0.1) is 13.2 Å². The summed E-state index contributed by atoms with van der Waals surface area (Å²) in [5, 5.41) is 0. The fourth-order valence-corrected chi connectivity index (χ4v) is 3.37. The molecule has 2 rings (SSSR count). The third-order valence-electron chi connectivity index (χ3n) is 5.62. The van der Waals surface area contributed by atoms with Crippen LogP contribution in [0.15, 0.2) is 48.7 Å². The van der Waals surface area contributed by atoms with E-state index < -0.39 is 0 Å². The van der Waals surface area contributed by atoms with Gasteiger partial charge in [-0.3, -0.25) is 9.59 Å². The first-order valence-electron chi connectivity index (χ1n) is 11.2. The van der Waals surface area contributed by atoms with Crippen LogP contribution in [-0.4, -0.2) is 51.9 Å². The van der Waals surface area contributed by atoms with E-state index in [9.17, 15) is 9.59 Å². The first-order chi connectivity index (χ1) is 15.0. The summed E-state index contributed by atoms with van der Waals surface area (Å²) in [6.45, 7) is 7.79. The molecule has 0 aliphatic heterocycles. The molecular weight excluding hydrogens is 390 g/mol. The van der Waals surface area contributed by atoms with Gasteiger partial charge in [0.15, 0.2) is 0 Å². The molecule has 2 amide bonds. The Kier molecular flexibility index (Phi) is 10.3. The molecule has 0 saturated carbocycles. The zero-order valence-electron chi connectivity index (χ0n) is 19.4. The molecule has 0 bridgehead atoms. The summed E-state index contributed by atoms with van der Waals surface area (Å²) in [4.78, 5) is 29.6. The number of rotatable bonds is 13. The van der Waals surface area contributed by atoms with Gasteiger partial charge >= 0.3 is 0 Å². The smallest absolute Gasteiger partial charge is 0.249 e. The third kappa shape index (κ3) is 7.87. The Morgan fingerprint density at radius 2 is 1.81 bits per heavy atom. The standard InChI is InChI=1S/C25H37N3O3/c1-5-7-16-27(17-23-14-11-15-26(23)4)24(29)18-28(21(3)6-2)25(30)20-31-19-22-12-9-8-10-13-22/h8-15,21H,5-7,16-20H2,1-4H3. The number of benzene rings is 1. The Balaban J connectivity index is 2.00. The summed E-state index contributed by atoms with van der Waals surface area (Å²) < 4.78 is 7.67. The van der Waals surface area contributed by atoms with Crippen LogP contribution in [0.5, 0.6) is 0 Å². The number of ether oxygens (including phenoxy) is 1. The molecule has 1 unspecified atom stereocenters. The second-order valence-corrected chi connectivity index (χ2v) is 8.04. The topological polar surface area (TPSA) is 54.8 Å². The minimum Gasteiger partial charge on any atom is -0.367 e. The van der Waals surface area contributed by atoms with Gasteiger partial charge in [0.25, 0.3) is 0 Å². The summed E-state index contributed by atoms with van der Waals surface area (Å²) in [7, 11) is 1.98. The molecule has 1 atom stereocenters. The quantitative estimate of drug-likeness (QED) is 0.486. The molecule has 0 radical (unpaired) electrons. The summed E-state index contributed by atoms with van der Waals surface area (Å²) in [6.07, 6.45) is 4.72. The van der Waals surface area contributed by atoms with Gasteiger partial charge in [-0.25, -0.2) is 0 Å². The highest BCUT2D eigenvalue weighted by atomic mass is 16.5. The lowest BCUT2D eigenvalue weighted by molar-refractivity contribution is -0.146. The van der Waals surface area contributed by atoms with Crippen molar-refractivity contribution in [3.63, 3.8) is 0 Å². The zero-order chi connectivity index (χ0) is 22.6. The van der Waals surface area contributed by atoms with Crippen LogP contribution in [0.4, 0.5) is 0 Å². The predicted octanol–water partition coefficient (Wildman–Crippen LogP) is 4.00. The maximum absolute atomic E-state index is 13.2. The number of hydrogen-bond acceptors (Lipinski definition) is 3. The predicted molar refractivity (Wildman–Crippen MR) is 123 cm³/mol. The fraction of sp³-hybridized carbons (Fsp3) is 0.520. The molecule has 0 aliphatic rings. The van der Waals surface area contributed by atoms with Crippen molar-refractivity contribution < 1.29 is 14.3 Å². The SMILES string of the molecule is CCCCN(Cc1cccn1C)C(=O)CN(C(=O)COCc1ccccc1)C(C)CC. The number of carbonyl (C=O) groups is 2. The summed E-state index contributed by atoms with van der Waals surface area (Å²) >= 11 is 0. The van der Waals surface area contributed by atoms with Crippen molar-refractivity contribution in [2.24, 2.45) is 7.05 Å². The minimum absolute atomic E-state index is 0.0219. The van der Waals surface area contributed by atoms with Crippen molar-refractivity contribution in [1.29, 1.82) is 0 Å². The number of unbranched alkanes of at least 4 members (excludes halogenated alkanes) is 1. The van der Waals surface area contributed by atoms with Gasteiger partial charge in [0.1, 0.15) is 13.2 Å². The lowest BCUT2D eigenvalue weighted by atomic mass is 10.2. The molecule has 6 heteroatoms. The number of nitrogens with zero attached hydrogens (tertiary/aromatic N) is 3. The van der Waals surface area contributed by atoms with Crippen molar-refractivity contribution in [1.82, 2.24) is 14.4 Å². The molecule has 170 valence electrons. The van der Waals surface area contributed by atoms with E-state index in [1.807, 2.05) is 79.0 Å². The van der Waals surface area contributed by atoms with Gasteiger partial charge in [0.2, 0.25) is 11.8 Å². The lowest BCUT2D eigenvalue weighted by Crippen LogP contribution is -2.47. The number of aromatic nitrogens is 1. The molecule has 0 fully saturated rings. The summed E-state index contributed by atoms with van der Waals surface area (Å²) in [6, 6.07) is 13.8. The second-order valence-electron chi connectivity index (χ2n) is 8.04. The fourth-order valence-electron chi connectivity index (χ4n) is 3.37. The molecule has 0 spiro atoms. The van der Waals surface area contributed by atoms with Gasteiger partial charge in [-0.05, 0) is 37.5 Å². The van der Waals surface area contributed by atoms with E-state index in [1.165, 1.54) is 0 Å². The normalized spacial score (nSPS) is 11.9. The van der Waals surface area contributed by atoms with Gasteiger partial charge in [-0.15, -0.1) is 0 Å². The van der Waals surface area contributed by atoms with Crippen LogP contribution in [0, 0.1) is 0 Å². The highest BCUT2D eigenvalue weighted by Crippen LogP contribution is 2.11. The average Bonchev–Trinajstić information content (AvgIpc) is 3.19. The van der Waals surface area contributed by atoms with Crippen molar-refractivity contribution in [3.8, 4) is 0 Å². The number of amides is 2. The molecule has 0 saturated heterocycles. The molecule has 1 aromatic heterocycles. The van der Waals surface area contributed by atoms with Crippen LogP contribution in [0.1, 0.15) is 51.3 Å².